The molecular formula is C8H13NO2. The van der Waals surface area contributed by atoms with Crippen LogP contribution in [0.5, 0.6) is 0 Å². The fraction of sp³-hybridized carbons (Fsp3) is 0.500. The average molecular weight is 155 g/mol. The summed E-state index contributed by atoms with van der Waals surface area (Å²) in [4.78, 5) is 21.0. The van der Waals surface area contributed by atoms with E-state index in [0.29, 0.717) is 6.42 Å². The molecule has 0 saturated carbocycles. The highest BCUT2D eigenvalue weighted by Crippen LogP contribution is 1.95. The van der Waals surface area contributed by atoms with E-state index in [1.807, 2.05) is 6.92 Å². The largest absolute Gasteiger partial charge is 0.366 e. The van der Waals surface area contributed by atoms with Crippen LogP contribution >= 0.6 is 0 Å². The summed E-state index contributed by atoms with van der Waals surface area (Å²) in [5, 5.41) is 0. The van der Waals surface area contributed by atoms with Crippen LogP contribution in [0, 0.1) is 0 Å². The summed E-state index contributed by atoms with van der Waals surface area (Å²) >= 11 is 0. The molecule has 0 bridgehead atoms. The zero-order valence-electron chi connectivity index (χ0n) is 6.67. The van der Waals surface area contributed by atoms with E-state index in [0.717, 1.165) is 18.9 Å². The van der Waals surface area contributed by atoms with Crippen LogP contribution in [0.15, 0.2) is 12.2 Å². The smallest absolute Gasteiger partial charge is 0.241 e. The van der Waals surface area contributed by atoms with Crippen LogP contribution < -0.4 is 5.73 Å². The second kappa shape index (κ2) is 5.65. The molecule has 0 unspecified atom stereocenters. The Balaban J connectivity index is 3.60. The predicted octanol–water partition coefficient (Wildman–Crippen LogP) is 0.787. The monoisotopic (exact) mass is 155 g/mol. The Morgan fingerprint density at radius 2 is 2.00 bits per heavy atom. The van der Waals surface area contributed by atoms with E-state index in [-0.39, 0.29) is 5.78 Å². The first kappa shape index (κ1) is 9.88. The normalized spacial score (nSPS) is 10.3. The summed E-state index contributed by atoms with van der Waals surface area (Å²) in [6.45, 7) is 2.01. The number of ketones is 1. The van der Waals surface area contributed by atoms with E-state index in [2.05, 4.69) is 0 Å². The van der Waals surface area contributed by atoms with Crippen molar-refractivity contribution in [3.8, 4) is 0 Å². The molecule has 0 fully saturated rings. The fourth-order valence-corrected chi connectivity index (χ4v) is 0.609. The molecule has 0 aliphatic carbocycles. The van der Waals surface area contributed by atoms with Gasteiger partial charge in [0.2, 0.25) is 5.91 Å². The molecule has 0 aromatic carbocycles. The first-order chi connectivity index (χ1) is 5.16. The number of hydrogen-bond acceptors (Lipinski definition) is 2. The molecule has 0 aromatic rings. The van der Waals surface area contributed by atoms with Crippen molar-refractivity contribution >= 4 is 11.7 Å². The maximum Gasteiger partial charge on any atom is 0.241 e. The minimum atomic E-state index is -0.574. The highest BCUT2D eigenvalue weighted by molar-refractivity contribution is 5.96. The van der Waals surface area contributed by atoms with Gasteiger partial charge in [-0.05, 0) is 12.5 Å². The second-order valence-electron chi connectivity index (χ2n) is 2.31. The van der Waals surface area contributed by atoms with Gasteiger partial charge in [-0.15, -0.1) is 0 Å². The van der Waals surface area contributed by atoms with Gasteiger partial charge in [-0.1, -0.05) is 13.3 Å². The molecule has 11 heavy (non-hydrogen) atoms. The van der Waals surface area contributed by atoms with Crippen molar-refractivity contribution in [2.45, 2.75) is 26.2 Å². The maximum absolute atomic E-state index is 10.8. The predicted molar refractivity (Wildman–Crippen MR) is 42.9 cm³/mol. The molecule has 3 heteroatoms. The molecule has 0 spiro atoms. The van der Waals surface area contributed by atoms with Gasteiger partial charge in [-0.2, -0.15) is 0 Å². The minimum absolute atomic E-state index is 0.0364. The highest BCUT2D eigenvalue weighted by Gasteiger charge is 1.94. The number of carbonyl (C=O) groups excluding carboxylic acids is 2. The Kier molecular flexibility index (Phi) is 5.07. The van der Waals surface area contributed by atoms with Gasteiger partial charge in [-0.3, -0.25) is 9.59 Å². The topological polar surface area (TPSA) is 60.2 Å². The summed E-state index contributed by atoms with van der Waals surface area (Å²) in [5.74, 6) is -0.611. The van der Waals surface area contributed by atoms with Gasteiger partial charge in [0.05, 0.1) is 0 Å². The number of amides is 1. The number of nitrogens with two attached hydrogens (primary N) is 1. The molecule has 0 atom stereocenters. The van der Waals surface area contributed by atoms with E-state index >= 15 is 0 Å². The van der Waals surface area contributed by atoms with Crippen molar-refractivity contribution in [2.75, 3.05) is 0 Å². The van der Waals surface area contributed by atoms with Crippen LogP contribution in [-0.4, -0.2) is 11.7 Å². The minimum Gasteiger partial charge on any atom is -0.366 e. The van der Waals surface area contributed by atoms with Crippen molar-refractivity contribution in [1.82, 2.24) is 0 Å². The van der Waals surface area contributed by atoms with Crippen LogP contribution in [0.4, 0.5) is 0 Å². The van der Waals surface area contributed by atoms with Crippen LogP contribution in [0.3, 0.4) is 0 Å². The molecule has 0 heterocycles. The van der Waals surface area contributed by atoms with E-state index < -0.39 is 5.91 Å². The molecular weight excluding hydrogens is 142 g/mol. The van der Waals surface area contributed by atoms with E-state index in [1.165, 1.54) is 6.08 Å². The number of unbranched alkanes of at least 4 members (excludes halogenated alkanes) is 1. The SMILES string of the molecule is CCCCC(=O)/C=C/C(N)=O. The van der Waals surface area contributed by atoms with Gasteiger partial charge in [0, 0.05) is 12.5 Å². The Morgan fingerprint density at radius 1 is 1.36 bits per heavy atom. The molecule has 0 saturated heterocycles. The first-order valence-electron chi connectivity index (χ1n) is 3.67. The van der Waals surface area contributed by atoms with Gasteiger partial charge in [0.1, 0.15) is 0 Å². The quantitative estimate of drug-likeness (QED) is 0.596. The van der Waals surface area contributed by atoms with Crippen LogP contribution in [-0.2, 0) is 9.59 Å². The standard InChI is InChI=1S/C8H13NO2/c1-2-3-4-7(10)5-6-8(9)11/h5-6H,2-4H2,1H3,(H2,9,11)/b6-5+. The lowest BCUT2D eigenvalue weighted by atomic mass is 10.2. The number of primary amides is 1. The third-order valence-corrected chi connectivity index (χ3v) is 1.21. The molecule has 0 radical (unpaired) electrons. The molecule has 1 amide bonds. The zero-order chi connectivity index (χ0) is 8.69. The Morgan fingerprint density at radius 3 is 2.45 bits per heavy atom. The van der Waals surface area contributed by atoms with Crippen LogP contribution in [0.1, 0.15) is 26.2 Å². The lowest BCUT2D eigenvalue weighted by molar-refractivity contribution is -0.116. The first-order valence-corrected chi connectivity index (χ1v) is 3.67. The Labute approximate surface area is 66.3 Å². The van der Waals surface area contributed by atoms with Crippen molar-refractivity contribution in [1.29, 1.82) is 0 Å². The molecule has 0 aromatic heterocycles. The third-order valence-electron chi connectivity index (χ3n) is 1.21. The maximum atomic E-state index is 10.8. The van der Waals surface area contributed by atoms with Gasteiger partial charge < -0.3 is 5.73 Å². The number of allylic oxidation sites excluding steroid dienone is 1. The summed E-state index contributed by atoms with van der Waals surface area (Å²) in [6, 6.07) is 0. The lowest BCUT2D eigenvalue weighted by Crippen LogP contribution is -2.06. The summed E-state index contributed by atoms with van der Waals surface area (Å²) in [7, 11) is 0. The van der Waals surface area contributed by atoms with Crippen molar-refractivity contribution < 1.29 is 9.59 Å². The number of rotatable bonds is 5. The van der Waals surface area contributed by atoms with Gasteiger partial charge in [-0.25, -0.2) is 0 Å². The van der Waals surface area contributed by atoms with E-state index in [9.17, 15) is 9.59 Å². The molecule has 2 N–H and O–H groups in total. The number of hydrogen-bond donors (Lipinski definition) is 1. The van der Waals surface area contributed by atoms with Crippen molar-refractivity contribution in [2.24, 2.45) is 5.73 Å². The molecule has 3 nitrogen and oxygen atoms in total. The highest BCUT2D eigenvalue weighted by atomic mass is 16.1. The average Bonchev–Trinajstić information content (AvgIpc) is 1.97. The lowest BCUT2D eigenvalue weighted by Gasteiger charge is -1.89. The van der Waals surface area contributed by atoms with E-state index in [1.54, 1.807) is 0 Å². The van der Waals surface area contributed by atoms with Gasteiger partial charge in [0.25, 0.3) is 0 Å². The van der Waals surface area contributed by atoms with Crippen molar-refractivity contribution in [3.63, 3.8) is 0 Å². The van der Waals surface area contributed by atoms with Crippen LogP contribution in [0.25, 0.3) is 0 Å². The fourth-order valence-electron chi connectivity index (χ4n) is 0.609. The van der Waals surface area contributed by atoms with Crippen LogP contribution in [0.2, 0.25) is 0 Å². The Bertz CT molecular complexity index is 173. The molecule has 0 aliphatic heterocycles. The van der Waals surface area contributed by atoms with Crippen molar-refractivity contribution in [3.05, 3.63) is 12.2 Å². The summed E-state index contributed by atoms with van der Waals surface area (Å²) < 4.78 is 0. The molecule has 62 valence electrons. The zero-order valence-corrected chi connectivity index (χ0v) is 6.67. The van der Waals surface area contributed by atoms with E-state index in [4.69, 9.17) is 5.73 Å². The number of carbonyl (C=O) groups is 2. The molecule has 0 rings (SSSR count). The second-order valence-corrected chi connectivity index (χ2v) is 2.31. The Hall–Kier alpha value is -1.12. The third kappa shape index (κ3) is 6.77. The molecule has 0 aliphatic rings. The summed E-state index contributed by atoms with van der Waals surface area (Å²) in [5.41, 5.74) is 4.79. The van der Waals surface area contributed by atoms with Gasteiger partial charge >= 0.3 is 0 Å². The summed E-state index contributed by atoms with van der Waals surface area (Å²) in [6.07, 6.45) is 4.67. The van der Waals surface area contributed by atoms with Gasteiger partial charge in [0.15, 0.2) is 5.78 Å².